The molecule has 3 fully saturated rings. The van der Waals surface area contributed by atoms with Gasteiger partial charge in [0.25, 0.3) is 0 Å². The highest BCUT2D eigenvalue weighted by molar-refractivity contribution is 6.30. The first-order valence-electron chi connectivity index (χ1n) is 9.49. The Morgan fingerprint density at radius 1 is 1.00 bits per heavy atom. The van der Waals surface area contributed by atoms with E-state index in [1.807, 2.05) is 23.1 Å². The zero-order valence-electron chi connectivity index (χ0n) is 14.7. The lowest BCUT2D eigenvalue weighted by molar-refractivity contribution is 0.166. The molecule has 2 saturated heterocycles. The van der Waals surface area contributed by atoms with Gasteiger partial charge in [0.2, 0.25) is 0 Å². The van der Waals surface area contributed by atoms with Gasteiger partial charge in [0, 0.05) is 62.1 Å². The fourth-order valence-electron chi connectivity index (χ4n) is 3.96. The fourth-order valence-corrected chi connectivity index (χ4v) is 4.14. The number of piperazine rings is 1. The number of amides is 2. The smallest absolute Gasteiger partial charge is 0.317 e. The number of piperidine rings is 1. The number of nitrogens with one attached hydrogen (secondary N) is 1. The van der Waals surface area contributed by atoms with Crippen LogP contribution in [0.4, 0.5) is 10.5 Å². The molecular weight excluding hydrogens is 336 g/mol. The maximum Gasteiger partial charge on any atom is 0.317 e. The number of benzene rings is 1. The Morgan fingerprint density at radius 3 is 2.36 bits per heavy atom. The number of rotatable bonds is 3. The molecule has 1 aromatic carbocycles. The van der Waals surface area contributed by atoms with Gasteiger partial charge in [-0.2, -0.15) is 0 Å². The summed E-state index contributed by atoms with van der Waals surface area (Å²) in [5, 5.41) is 4.01. The molecule has 25 heavy (non-hydrogen) atoms. The number of urea groups is 1. The van der Waals surface area contributed by atoms with E-state index in [9.17, 15) is 4.79 Å². The van der Waals surface area contributed by atoms with E-state index in [1.165, 1.54) is 12.8 Å². The van der Waals surface area contributed by atoms with E-state index in [1.54, 1.807) is 0 Å². The van der Waals surface area contributed by atoms with Gasteiger partial charge < -0.3 is 20.0 Å². The number of carbonyl (C=O) groups is 1. The van der Waals surface area contributed by atoms with Crippen molar-refractivity contribution in [3.05, 3.63) is 29.3 Å². The van der Waals surface area contributed by atoms with Crippen LogP contribution >= 0.6 is 11.6 Å². The predicted molar refractivity (Wildman–Crippen MR) is 101 cm³/mol. The SMILES string of the molecule is O=C(NC1CCN(C2CC2)CC1)N1CCN(c2cccc(Cl)c2)CC1. The number of hydrogen-bond donors (Lipinski definition) is 1. The number of carbonyl (C=O) groups excluding carboxylic acids is 1. The highest BCUT2D eigenvalue weighted by atomic mass is 35.5. The highest BCUT2D eigenvalue weighted by Gasteiger charge is 2.32. The van der Waals surface area contributed by atoms with Crippen molar-refractivity contribution >= 4 is 23.3 Å². The Labute approximate surface area is 154 Å². The van der Waals surface area contributed by atoms with Crippen LogP contribution < -0.4 is 10.2 Å². The molecule has 0 spiro atoms. The second-order valence-electron chi connectivity index (χ2n) is 7.44. The Kier molecular flexibility index (Phi) is 5.04. The summed E-state index contributed by atoms with van der Waals surface area (Å²) in [7, 11) is 0. The van der Waals surface area contributed by atoms with E-state index in [0.29, 0.717) is 6.04 Å². The van der Waals surface area contributed by atoms with Crippen molar-refractivity contribution in [1.82, 2.24) is 15.1 Å². The van der Waals surface area contributed by atoms with Gasteiger partial charge in [0.15, 0.2) is 0 Å². The zero-order chi connectivity index (χ0) is 17.2. The lowest BCUT2D eigenvalue weighted by atomic mass is 10.1. The normalized spacial score (nSPS) is 22.9. The van der Waals surface area contributed by atoms with Gasteiger partial charge in [0.05, 0.1) is 0 Å². The average molecular weight is 363 g/mol. The Hall–Kier alpha value is -1.46. The summed E-state index contributed by atoms with van der Waals surface area (Å²) in [5.74, 6) is 0. The van der Waals surface area contributed by atoms with Crippen molar-refractivity contribution in [1.29, 1.82) is 0 Å². The molecule has 0 atom stereocenters. The van der Waals surface area contributed by atoms with Gasteiger partial charge in [0.1, 0.15) is 0 Å². The molecule has 0 aromatic heterocycles. The third-order valence-electron chi connectivity index (χ3n) is 5.66. The molecule has 0 unspecified atom stereocenters. The summed E-state index contributed by atoms with van der Waals surface area (Å²) in [5.41, 5.74) is 1.14. The summed E-state index contributed by atoms with van der Waals surface area (Å²) in [6, 6.07) is 9.23. The first-order chi connectivity index (χ1) is 12.2. The second-order valence-corrected chi connectivity index (χ2v) is 7.88. The van der Waals surface area contributed by atoms with Crippen LogP contribution in [0.2, 0.25) is 5.02 Å². The van der Waals surface area contributed by atoms with Crippen LogP contribution in [0.1, 0.15) is 25.7 Å². The number of nitrogens with zero attached hydrogens (tertiary/aromatic N) is 3. The molecule has 2 heterocycles. The molecule has 2 aliphatic heterocycles. The van der Waals surface area contributed by atoms with Crippen molar-refractivity contribution in [2.24, 2.45) is 0 Å². The van der Waals surface area contributed by atoms with Crippen molar-refractivity contribution in [2.75, 3.05) is 44.2 Å². The van der Waals surface area contributed by atoms with Crippen LogP contribution in [-0.2, 0) is 0 Å². The van der Waals surface area contributed by atoms with Gasteiger partial charge in [-0.05, 0) is 43.9 Å². The van der Waals surface area contributed by atoms with Gasteiger partial charge in [-0.1, -0.05) is 17.7 Å². The van der Waals surface area contributed by atoms with Crippen molar-refractivity contribution in [3.63, 3.8) is 0 Å². The fraction of sp³-hybridized carbons (Fsp3) is 0.632. The van der Waals surface area contributed by atoms with E-state index >= 15 is 0 Å². The molecule has 136 valence electrons. The molecule has 0 bridgehead atoms. The van der Waals surface area contributed by atoms with Gasteiger partial charge >= 0.3 is 6.03 Å². The molecule has 2 amide bonds. The van der Waals surface area contributed by atoms with Crippen LogP contribution in [0, 0.1) is 0 Å². The molecule has 1 aromatic rings. The van der Waals surface area contributed by atoms with Crippen LogP contribution in [-0.4, -0.2) is 67.2 Å². The van der Waals surface area contributed by atoms with E-state index in [2.05, 4.69) is 21.2 Å². The van der Waals surface area contributed by atoms with E-state index in [4.69, 9.17) is 11.6 Å². The van der Waals surface area contributed by atoms with Crippen LogP contribution in [0.15, 0.2) is 24.3 Å². The highest BCUT2D eigenvalue weighted by Crippen LogP contribution is 2.29. The van der Waals surface area contributed by atoms with E-state index in [0.717, 1.165) is 68.9 Å². The maximum absolute atomic E-state index is 12.6. The first-order valence-corrected chi connectivity index (χ1v) is 9.87. The lowest BCUT2D eigenvalue weighted by Crippen LogP contribution is -2.55. The van der Waals surface area contributed by atoms with Crippen molar-refractivity contribution < 1.29 is 4.79 Å². The molecule has 4 rings (SSSR count). The average Bonchev–Trinajstić information content (AvgIpc) is 3.48. The van der Waals surface area contributed by atoms with Crippen LogP contribution in [0.5, 0.6) is 0 Å². The summed E-state index contributed by atoms with van der Waals surface area (Å²) in [6.45, 7) is 5.51. The van der Waals surface area contributed by atoms with E-state index in [-0.39, 0.29) is 6.03 Å². The molecule has 1 saturated carbocycles. The Morgan fingerprint density at radius 2 is 1.72 bits per heavy atom. The quantitative estimate of drug-likeness (QED) is 0.898. The molecule has 6 heteroatoms. The molecule has 0 radical (unpaired) electrons. The molecule has 5 nitrogen and oxygen atoms in total. The van der Waals surface area contributed by atoms with E-state index < -0.39 is 0 Å². The molecule has 1 aliphatic carbocycles. The summed E-state index contributed by atoms with van der Waals surface area (Å²) in [6.07, 6.45) is 4.91. The monoisotopic (exact) mass is 362 g/mol. The molecule has 3 aliphatic rings. The zero-order valence-corrected chi connectivity index (χ0v) is 15.4. The summed E-state index contributed by atoms with van der Waals surface area (Å²) >= 11 is 6.08. The number of anilines is 1. The number of likely N-dealkylation sites (tertiary alicyclic amines) is 1. The van der Waals surface area contributed by atoms with Crippen LogP contribution in [0.3, 0.4) is 0 Å². The molecule has 1 N–H and O–H groups in total. The standard InChI is InChI=1S/C19H27ClN4O/c20-15-2-1-3-18(14-15)23-10-12-24(13-11-23)19(25)21-16-6-8-22(9-7-16)17-4-5-17/h1-3,14,16-17H,4-13H2,(H,21,25). The third-order valence-corrected chi connectivity index (χ3v) is 5.90. The summed E-state index contributed by atoms with van der Waals surface area (Å²) in [4.78, 5) is 19.4. The van der Waals surface area contributed by atoms with Crippen molar-refractivity contribution in [2.45, 2.75) is 37.8 Å². The minimum atomic E-state index is 0.107. The van der Waals surface area contributed by atoms with Gasteiger partial charge in [-0.15, -0.1) is 0 Å². The Balaban J connectivity index is 1.23. The Bertz CT molecular complexity index is 605. The largest absolute Gasteiger partial charge is 0.368 e. The van der Waals surface area contributed by atoms with Gasteiger partial charge in [-0.25, -0.2) is 4.79 Å². The minimum absolute atomic E-state index is 0.107. The van der Waals surface area contributed by atoms with Crippen LogP contribution in [0.25, 0.3) is 0 Å². The number of hydrogen-bond acceptors (Lipinski definition) is 3. The summed E-state index contributed by atoms with van der Waals surface area (Å²) < 4.78 is 0. The number of halogens is 1. The second kappa shape index (κ2) is 7.42. The first kappa shape index (κ1) is 17.0. The van der Waals surface area contributed by atoms with Crippen molar-refractivity contribution in [3.8, 4) is 0 Å². The topological polar surface area (TPSA) is 38.8 Å². The predicted octanol–water partition coefficient (Wildman–Crippen LogP) is 2.80. The lowest BCUT2D eigenvalue weighted by Gasteiger charge is -2.38. The minimum Gasteiger partial charge on any atom is -0.368 e. The van der Waals surface area contributed by atoms with Gasteiger partial charge in [-0.3, -0.25) is 0 Å². The third kappa shape index (κ3) is 4.21. The molecular formula is C19H27ClN4O. The maximum atomic E-state index is 12.6.